The standard InChI is InChI=1S/C22H24N2O5/c1-22(2,3)29-21(27)24-19(20(25)26)12-15-7-9-18(10-8-15)28-14-17-6-4-5-16(11-17)13-23/h4-11,19H,12,14H2,1-3H3,(H,24,27)(H,25,26)/t19-/m0/s1. The molecular weight excluding hydrogens is 372 g/mol. The minimum atomic E-state index is -1.14. The number of benzene rings is 2. The van der Waals surface area contributed by atoms with Gasteiger partial charge >= 0.3 is 12.1 Å². The Hall–Kier alpha value is -3.53. The van der Waals surface area contributed by atoms with Gasteiger partial charge in [-0.05, 0) is 56.2 Å². The van der Waals surface area contributed by atoms with E-state index in [0.29, 0.717) is 17.9 Å². The highest BCUT2D eigenvalue weighted by atomic mass is 16.6. The first-order chi connectivity index (χ1) is 13.7. The largest absolute Gasteiger partial charge is 0.489 e. The van der Waals surface area contributed by atoms with Crippen molar-refractivity contribution in [2.75, 3.05) is 0 Å². The van der Waals surface area contributed by atoms with Gasteiger partial charge < -0.3 is 19.9 Å². The molecule has 2 N–H and O–H groups in total. The van der Waals surface area contributed by atoms with E-state index < -0.39 is 23.7 Å². The smallest absolute Gasteiger partial charge is 0.408 e. The molecule has 0 bridgehead atoms. The number of carbonyl (C=O) groups is 2. The number of aliphatic carboxylic acids is 1. The molecule has 0 aliphatic rings. The second-order valence-corrected chi connectivity index (χ2v) is 7.49. The van der Waals surface area contributed by atoms with Crippen molar-refractivity contribution in [3.63, 3.8) is 0 Å². The van der Waals surface area contributed by atoms with Crippen LogP contribution in [0.25, 0.3) is 0 Å². The number of ether oxygens (including phenoxy) is 2. The van der Waals surface area contributed by atoms with E-state index in [9.17, 15) is 14.7 Å². The van der Waals surface area contributed by atoms with Crippen molar-refractivity contribution in [2.45, 2.75) is 45.4 Å². The summed E-state index contributed by atoms with van der Waals surface area (Å²) in [6.45, 7) is 5.43. The topological polar surface area (TPSA) is 109 Å². The summed E-state index contributed by atoms with van der Waals surface area (Å²) in [6, 6.07) is 15.1. The van der Waals surface area contributed by atoms with Gasteiger partial charge in [-0.2, -0.15) is 5.26 Å². The molecule has 2 aromatic rings. The Bertz CT molecular complexity index is 895. The van der Waals surface area contributed by atoms with E-state index >= 15 is 0 Å². The fourth-order valence-electron chi connectivity index (χ4n) is 2.50. The van der Waals surface area contributed by atoms with E-state index in [1.54, 1.807) is 63.2 Å². The maximum Gasteiger partial charge on any atom is 0.408 e. The van der Waals surface area contributed by atoms with Gasteiger partial charge in [0, 0.05) is 6.42 Å². The summed E-state index contributed by atoms with van der Waals surface area (Å²) < 4.78 is 10.8. The third-order valence-electron chi connectivity index (χ3n) is 3.81. The normalized spacial score (nSPS) is 11.8. The van der Waals surface area contributed by atoms with Gasteiger partial charge in [0.25, 0.3) is 0 Å². The monoisotopic (exact) mass is 396 g/mol. The predicted octanol–water partition coefficient (Wildman–Crippen LogP) is 3.66. The predicted molar refractivity (Wildman–Crippen MR) is 106 cm³/mol. The molecule has 7 nitrogen and oxygen atoms in total. The lowest BCUT2D eigenvalue weighted by Gasteiger charge is -2.22. The van der Waals surface area contributed by atoms with Gasteiger partial charge in [0.15, 0.2) is 0 Å². The average Bonchev–Trinajstić information content (AvgIpc) is 2.65. The van der Waals surface area contributed by atoms with E-state index in [1.165, 1.54) is 0 Å². The van der Waals surface area contributed by atoms with Gasteiger partial charge in [-0.25, -0.2) is 9.59 Å². The van der Waals surface area contributed by atoms with Crippen molar-refractivity contribution in [1.29, 1.82) is 5.26 Å². The third-order valence-corrected chi connectivity index (χ3v) is 3.81. The van der Waals surface area contributed by atoms with Gasteiger partial charge in [-0.1, -0.05) is 24.3 Å². The molecular formula is C22H24N2O5. The maximum atomic E-state index is 11.8. The lowest BCUT2D eigenvalue weighted by atomic mass is 10.1. The molecule has 0 fully saturated rings. The van der Waals surface area contributed by atoms with Gasteiger partial charge in [0.05, 0.1) is 11.6 Å². The number of nitrogens with one attached hydrogen (secondary N) is 1. The van der Waals surface area contributed by atoms with Crippen molar-refractivity contribution in [3.8, 4) is 11.8 Å². The number of nitrogens with zero attached hydrogens (tertiary/aromatic N) is 1. The van der Waals surface area contributed by atoms with Crippen molar-refractivity contribution in [3.05, 3.63) is 65.2 Å². The first-order valence-corrected chi connectivity index (χ1v) is 9.09. The number of hydrogen-bond acceptors (Lipinski definition) is 5. The van der Waals surface area contributed by atoms with Gasteiger partial charge in [-0.3, -0.25) is 0 Å². The Morgan fingerprint density at radius 2 is 1.83 bits per heavy atom. The molecule has 0 saturated heterocycles. The number of rotatable bonds is 7. The lowest BCUT2D eigenvalue weighted by Crippen LogP contribution is -2.44. The van der Waals surface area contributed by atoms with Crippen LogP contribution >= 0.6 is 0 Å². The molecule has 29 heavy (non-hydrogen) atoms. The first-order valence-electron chi connectivity index (χ1n) is 9.09. The fraction of sp³-hybridized carbons (Fsp3) is 0.318. The Kier molecular flexibility index (Phi) is 7.21. The second-order valence-electron chi connectivity index (χ2n) is 7.49. The highest BCUT2D eigenvalue weighted by Gasteiger charge is 2.24. The molecule has 0 heterocycles. The molecule has 0 radical (unpaired) electrons. The Balaban J connectivity index is 1.94. The molecule has 0 spiro atoms. The number of carboxylic acids is 1. The number of amides is 1. The molecule has 0 unspecified atom stereocenters. The number of carbonyl (C=O) groups excluding carboxylic acids is 1. The van der Waals surface area contributed by atoms with Crippen molar-refractivity contribution in [2.24, 2.45) is 0 Å². The molecule has 7 heteroatoms. The van der Waals surface area contributed by atoms with Crippen LogP contribution in [0.5, 0.6) is 5.75 Å². The van der Waals surface area contributed by atoms with Crippen LogP contribution in [-0.4, -0.2) is 28.8 Å². The third kappa shape index (κ3) is 7.54. The zero-order valence-corrected chi connectivity index (χ0v) is 16.6. The van der Waals surface area contributed by atoms with Crippen LogP contribution in [0.2, 0.25) is 0 Å². The van der Waals surface area contributed by atoms with E-state index in [0.717, 1.165) is 11.1 Å². The zero-order valence-electron chi connectivity index (χ0n) is 16.6. The molecule has 0 aromatic heterocycles. The van der Waals surface area contributed by atoms with E-state index in [-0.39, 0.29) is 6.42 Å². The molecule has 0 saturated carbocycles. The van der Waals surface area contributed by atoms with Crippen molar-refractivity contribution < 1.29 is 24.2 Å². The maximum absolute atomic E-state index is 11.8. The van der Waals surface area contributed by atoms with Gasteiger partial charge in [0.2, 0.25) is 0 Å². The first kappa shape index (κ1) is 21.8. The Morgan fingerprint density at radius 1 is 1.14 bits per heavy atom. The molecule has 1 atom stereocenters. The molecule has 2 rings (SSSR count). The summed E-state index contributed by atoms with van der Waals surface area (Å²) in [4.78, 5) is 23.3. The summed E-state index contributed by atoms with van der Waals surface area (Å²) in [5.41, 5.74) is 1.46. The average molecular weight is 396 g/mol. The number of alkyl carbamates (subject to hydrolysis) is 1. The summed E-state index contributed by atoms with van der Waals surface area (Å²) in [6.07, 6.45) is -0.663. The van der Waals surface area contributed by atoms with E-state index in [4.69, 9.17) is 14.7 Å². The Morgan fingerprint density at radius 3 is 2.41 bits per heavy atom. The second kappa shape index (κ2) is 9.60. The van der Waals surface area contributed by atoms with Crippen LogP contribution in [0.4, 0.5) is 4.79 Å². The minimum absolute atomic E-state index is 0.110. The lowest BCUT2D eigenvalue weighted by molar-refractivity contribution is -0.139. The zero-order chi connectivity index (χ0) is 21.4. The highest BCUT2D eigenvalue weighted by molar-refractivity contribution is 5.80. The number of hydrogen-bond donors (Lipinski definition) is 2. The van der Waals surface area contributed by atoms with Crippen LogP contribution in [-0.2, 0) is 22.6 Å². The van der Waals surface area contributed by atoms with Crippen LogP contribution in [0, 0.1) is 11.3 Å². The van der Waals surface area contributed by atoms with Gasteiger partial charge in [-0.15, -0.1) is 0 Å². The fourth-order valence-corrected chi connectivity index (χ4v) is 2.50. The summed E-state index contributed by atoms with van der Waals surface area (Å²) in [7, 11) is 0. The van der Waals surface area contributed by atoms with Gasteiger partial charge in [0.1, 0.15) is 24.0 Å². The van der Waals surface area contributed by atoms with Crippen LogP contribution in [0.15, 0.2) is 48.5 Å². The van der Waals surface area contributed by atoms with Crippen LogP contribution in [0.1, 0.15) is 37.5 Å². The molecule has 0 aliphatic heterocycles. The van der Waals surface area contributed by atoms with Crippen molar-refractivity contribution >= 4 is 12.1 Å². The molecule has 0 aliphatic carbocycles. The van der Waals surface area contributed by atoms with Crippen LogP contribution in [0.3, 0.4) is 0 Å². The number of carboxylic acid groups (broad SMARTS) is 1. The molecule has 2 aromatic carbocycles. The minimum Gasteiger partial charge on any atom is -0.489 e. The molecule has 152 valence electrons. The summed E-state index contributed by atoms with van der Waals surface area (Å²) >= 11 is 0. The highest BCUT2D eigenvalue weighted by Crippen LogP contribution is 2.16. The quantitative estimate of drug-likeness (QED) is 0.739. The Labute approximate surface area is 169 Å². The number of nitriles is 1. The summed E-state index contributed by atoms with van der Waals surface area (Å²) in [5.74, 6) is -0.531. The summed E-state index contributed by atoms with van der Waals surface area (Å²) in [5, 5.41) is 20.7. The van der Waals surface area contributed by atoms with Crippen LogP contribution < -0.4 is 10.1 Å². The van der Waals surface area contributed by atoms with Crippen molar-refractivity contribution in [1.82, 2.24) is 5.32 Å². The molecule has 1 amide bonds. The van der Waals surface area contributed by atoms with E-state index in [1.807, 2.05) is 6.07 Å². The van der Waals surface area contributed by atoms with E-state index in [2.05, 4.69) is 11.4 Å². The SMILES string of the molecule is CC(C)(C)OC(=O)N[C@@H](Cc1ccc(OCc2cccc(C#N)c2)cc1)C(=O)O.